The number of carbonyl (C=O) groups is 1. The first-order valence-electron chi connectivity index (χ1n) is 6.69. The van der Waals surface area contributed by atoms with Crippen LogP contribution in [0.1, 0.15) is 5.56 Å². The number of hydrogen-bond acceptors (Lipinski definition) is 4. The van der Waals surface area contributed by atoms with Crippen LogP contribution in [-0.2, 0) is 0 Å². The summed E-state index contributed by atoms with van der Waals surface area (Å²) in [5.41, 5.74) is 3.23. The summed E-state index contributed by atoms with van der Waals surface area (Å²) >= 11 is 0. The standard InChI is InChI=1S/C15H14N6O/c1-11-4-2-3-5-14(11)19-15(22)18-12-6-8-13(9-7-12)21-17-10-16-20-21/h2-10H,1H3,(H2,18,19,22). The van der Waals surface area contributed by atoms with Crippen LogP contribution >= 0.6 is 0 Å². The molecule has 3 aromatic rings. The Morgan fingerprint density at radius 3 is 2.50 bits per heavy atom. The molecule has 0 bridgehead atoms. The number of urea groups is 1. The van der Waals surface area contributed by atoms with Crippen molar-refractivity contribution in [2.24, 2.45) is 0 Å². The second-order valence-electron chi connectivity index (χ2n) is 4.67. The van der Waals surface area contributed by atoms with Crippen molar-refractivity contribution >= 4 is 17.4 Å². The molecule has 0 fully saturated rings. The molecule has 0 saturated carbocycles. The van der Waals surface area contributed by atoms with Crippen molar-refractivity contribution in [3.63, 3.8) is 0 Å². The summed E-state index contributed by atoms with van der Waals surface area (Å²) in [4.78, 5) is 13.4. The fourth-order valence-electron chi connectivity index (χ4n) is 1.96. The van der Waals surface area contributed by atoms with E-state index in [9.17, 15) is 4.79 Å². The van der Waals surface area contributed by atoms with Crippen molar-refractivity contribution in [3.8, 4) is 5.69 Å². The number of nitrogens with zero attached hydrogens (tertiary/aromatic N) is 4. The lowest BCUT2D eigenvalue weighted by Crippen LogP contribution is -2.19. The molecule has 0 aliphatic carbocycles. The van der Waals surface area contributed by atoms with Crippen LogP contribution in [0.25, 0.3) is 5.69 Å². The van der Waals surface area contributed by atoms with Crippen LogP contribution in [0.2, 0.25) is 0 Å². The molecule has 0 atom stereocenters. The summed E-state index contributed by atoms with van der Waals surface area (Å²) in [5.74, 6) is 0. The first-order chi connectivity index (χ1) is 10.7. The molecule has 0 aliphatic heterocycles. The molecule has 22 heavy (non-hydrogen) atoms. The van der Waals surface area contributed by atoms with Gasteiger partial charge in [0.1, 0.15) is 0 Å². The lowest BCUT2D eigenvalue weighted by atomic mass is 10.2. The minimum Gasteiger partial charge on any atom is -0.308 e. The van der Waals surface area contributed by atoms with Gasteiger partial charge in [0, 0.05) is 11.4 Å². The minimum absolute atomic E-state index is 0.291. The summed E-state index contributed by atoms with van der Waals surface area (Å²) < 4.78 is 0. The molecule has 0 radical (unpaired) electrons. The molecule has 2 N–H and O–H groups in total. The summed E-state index contributed by atoms with van der Waals surface area (Å²) in [6.45, 7) is 1.94. The summed E-state index contributed by atoms with van der Waals surface area (Å²) in [6, 6.07) is 14.4. The van der Waals surface area contributed by atoms with E-state index in [4.69, 9.17) is 0 Å². The van der Waals surface area contributed by atoms with Gasteiger partial charge in [0.25, 0.3) is 0 Å². The molecule has 0 spiro atoms. The third-order valence-electron chi connectivity index (χ3n) is 3.10. The van der Waals surface area contributed by atoms with E-state index < -0.39 is 0 Å². The number of carbonyl (C=O) groups excluding carboxylic acids is 1. The zero-order valence-corrected chi connectivity index (χ0v) is 11.9. The van der Waals surface area contributed by atoms with E-state index in [-0.39, 0.29) is 6.03 Å². The molecule has 2 amide bonds. The smallest absolute Gasteiger partial charge is 0.308 e. The molecule has 1 aromatic heterocycles. The van der Waals surface area contributed by atoms with E-state index in [0.717, 1.165) is 16.9 Å². The number of anilines is 2. The lowest BCUT2D eigenvalue weighted by Gasteiger charge is -2.10. The molecular weight excluding hydrogens is 280 g/mol. The van der Waals surface area contributed by atoms with Gasteiger partial charge < -0.3 is 10.6 Å². The summed E-state index contributed by atoms with van der Waals surface area (Å²) in [5, 5.41) is 17.0. The van der Waals surface area contributed by atoms with E-state index in [1.54, 1.807) is 24.3 Å². The number of amides is 2. The van der Waals surface area contributed by atoms with Crippen molar-refractivity contribution in [1.29, 1.82) is 0 Å². The summed E-state index contributed by atoms with van der Waals surface area (Å²) in [7, 11) is 0. The van der Waals surface area contributed by atoms with Gasteiger partial charge in [0.05, 0.1) is 5.69 Å². The third-order valence-corrected chi connectivity index (χ3v) is 3.10. The van der Waals surface area contributed by atoms with Crippen LogP contribution in [0.4, 0.5) is 16.2 Å². The number of aryl methyl sites for hydroxylation is 1. The third kappa shape index (κ3) is 3.09. The normalized spacial score (nSPS) is 10.2. The van der Waals surface area contributed by atoms with Crippen molar-refractivity contribution in [2.45, 2.75) is 6.92 Å². The van der Waals surface area contributed by atoms with Gasteiger partial charge in [-0.1, -0.05) is 18.2 Å². The maximum Gasteiger partial charge on any atom is 0.323 e. The van der Waals surface area contributed by atoms with Crippen LogP contribution in [0.3, 0.4) is 0 Å². The Kier molecular flexibility index (Phi) is 3.78. The highest BCUT2D eigenvalue weighted by Gasteiger charge is 2.05. The van der Waals surface area contributed by atoms with E-state index in [2.05, 4.69) is 26.0 Å². The zero-order valence-electron chi connectivity index (χ0n) is 11.9. The van der Waals surface area contributed by atoms with Crippen LogP contribution in [0.15, 0.2) is 54.9 Å². The van der Waals surface area contributed by atoms with Crippen molar-refractivity contribution < 1.29 is 4.79 Å². The molecular formula is C15H14N6O. The molecule has 0 unspecified atom stereocenters. The predicted octanol–water partition coefficient (Wildman–Crippen LogP) is 2.61. The predicted molar refractivity (Wildman–Crippen MR) is 83.0 cm³/mol. The fourth-order valence-corrected chi connectivity index (χ4v) is 1.96. The molecule has 0 aliphatic rings. The fraction of sp³-hybridized carbons (Fsp3) is 0.0667. The number of nitrogens with one attached hydrogen (secondary N) is 2. The van der Waals surface area contributed by atoms with Crippen molar-refractivity contribution in [1.82, 2.24) is 20.2 Å². The largest absolute Gasteiger partial charge is 0.323 e. The average molecular weight is 294 g/mol. The van der Waals surface area contributed by atoms with Gasteiger partial charge >= 0.3 is 6.03 Å². The Bertz CT molecular complexity index is 767. The maximum atomic E-state index is 12.0. The molecule has 3 rings (SSSR count). The quantitative estimate of drug-likeness (QED) is 0.777. The van der Waals surface area contributed by atoms with Crippen LogP contribution in [0, 0.1) is 6.92 Å². The second-order valence-corrected chi connectivity index (χ2v) is 4.67. The average Bonchev–Trinajstić information content (AvgIpc) is 3.05. The first-order valence-corrected chi connectivity index (χ1v) is 6.69. The number of tetrazole rings is 1. The number of benzene rings is 2. The SMILES string of the molecule is Cc1ccccc1NC(=O)Nc1ccc(-n2ncnn2)cc1. The first kappa shape index (κ1) is 13.7. The van der Waals surface area contributed by atoms with Gasteiger partial charge in [-0.15, -0.1) is 15.0 Å². The van der Waals surface area contributed by atoms with Gasteiger partial charge in [-0.05, 0) is 48.0 Å². The van der Waals surface area contributed by atoms with Gasteiger partial charge in [0.15, 0.2) is 6.33 Å². The van der Waals surface area contributed by atoms with Gasteiger partial charge in [-0.2, -0.15) is 0 Å². The Hall–Kier alpha value is -3.22. The number of hydrogen-bond donors (Lipinski definition) is 2. The van der Waals surface area contributed by atoms with Gasteiger partial charge in [-0.3, -0.25) is 0 Å². The Morgan fingerprint density at radius 1 is 1.05 bits per heavy atom. The van der Waals surface area contributed by atoms with Crippen LogP contribution in [0.5, 0.6) is 0 Å². The number of aromatic nitrogens is 4. The van der Waals surface area contributed by atoms with Crippen LogP contribution < -0.4 is 10.6 Å². The Balaban J connectivity index is 1.66. The molecule has 2 aromatic carbocycles. The highest BCUT2D eigenvalue weighted by atomic mass is 16.2. The second kappa shape index (κ2) is 6.04. The summed E-state index contributed by atoms with van der Waals surface area (Å²) in [6.07, 6.45) is 1.36. The molecule has 7 nitrogen and oxygen atoms in total. The zero-order chi connectivity index (χ0) is 15.4. The minimum atomic E-state index is -0.291. The van der Waals surface area contributed by atoms with Gasteiger partial charge in [-0.25, -0.2) is 4.79 Å². The molecule has 7 heteroatoms. The Morgan fingerprint density at radius 2 is 1.82 bits per heavy atom. The lowest BCUT2D eigenvalue weighted by molar-refractivity contribution is 0.262. The van der Waals surface area contributed by atoms with Crippen LogP contribution in [-0.4, -0.2) is 26.2 Å². The van der Waals surface area contributed by atoms with E-state index in [1.807, 2.05) is 31.2 Å². The van der Waals surface area contributed by atoms with Crippen molar-refractivity contribution in [2.75, 3.05) is 10.6 Å². The number of para-hydroxylation sites is 1. The maximum absolute atomic E-state index is 12.0. The highest BCUT2D eigenvalue weighted by Crippen LogP contribution is 2.15. The molecule has 0 saturated heterocycles. The topological polar surface area (TPSA) is 84.7 Å². The van der Waals surface area contributed by atoms with E-state index >= 15 is 0 Å². The van der Waals surface area contributed by atoms with Gasteiger partial charge in [0.2, 0.25) is 0 Å². The van der Waals surface area contributed by atoms with E-state index in [1.165, 1.54) is 11.1 Å². The number of rotatable bonds is 3. The molecule has 1 heterocycles. The Labute approximate surface area is 127 Å². The molecule has 110 valence electrons. The van der Waals surface area contributed by atoms with E-state index in [0.29, 0.717) is 5.69 Å². The highest BCUT2D eigenvalue weighted by molar-refractivity contribution is 6.00. The monoisotopic (exact) mass is 294 g/mol. The van der Waals surface area contributed by atoms with Crippen molar-refractivity contribution in [3.05, 3.63) is 60.4 Å².